The van der Waals surface area contributed by atoms with Gasteiger partial charge in [-0.1, -0.05) is 6.92 Å². The van der Waals surface area contributed by atoms with Gasteiger partial charge in [-0.15, -0.1) is 0 Å². The summed E-state index contributed by atoms with van der Waals surface area (Å²) in [4.78, 5) is 10.3. The third-order valence-corrected chi connectivity index (χ3v) is 2.16. The minimum absolute atomic E-state index is 0.820. The molecule has 0 aromatic carbocycles. The molecule has 1 N–H and O–H groups in total. The van der Waals surface area contributed by atoms with Crippen LogP contribution in [0.5, 0.6) is 0 Å². The molecule has 1 aromatic heterocycles. The summed E-state index contributed by atoms with van der Waals surface area (Å²) in [6.45, 7) is 6.13. The quantitative estimate of drug-likeness (QED) is 0.670. The summed E-state index contributed by atoms with van der Waals surface area (Å²) in [5.74, 6) is 0. The van der Waals surface area contributed by atoms with Crippen molar-refractivity contribution in [3.63, 3.8) is 0 Å². The number of likely N-dealkylation sites (N-methyl/N-ethyl adjacent to an activating group) is 1. The van der Waals surface area contributed by atoms with E-state index in [9.17, 15) is 0 Å². The second-order valence-electron chi connectivity index (χ2n) is 3.27. The van der Waals surface area contributed by atoms with Crippen LogP contribution in [-0.4, -0.2) is 41.5 Å². The predicted octanol–water partition coefficient (Wildman–Crippen LogP) is 0.518. The Labute approximate surface area is 85.4 Å². The Kier molecular flexibility index (Phi) is 5.11. The van der Waals surface area contributed by atoms with Crippen molar-refractivity contribution in [2.75, 3.05) is 26.7 Å². The van der Waals surface area contributed by atoms with Crippen molar-refractivity contribution in [3.05, 3.63) is 24.3 Å². The van der Waals surface area contributed by atoms with Crippen LogP contribution in [0.25, 0.3) is 0 Å². The first kappa shape index (κ1) is 11.1. The van der Waals surface area contributed by atoms with Crippen LogP contribution >= 0.6 is 0 Å². The molecule has 14 heavy (non-hydrogen) atoms. The van der Waals surface area contributed by atoms with Gasteiger partial charge in [-0.25, -0.2) is 9.97 Å². The molecular weight excluding hydrogens is 176 g/mol. The normalized spacial score (nSPS) is 10.8. The second-order valence-corrected chi connectivity index (χ2v) is 3.27. The number of nitrogens with zero attached hydrogens (tertiary/aromatic N) is 3. The lowest BCUT2D eigenvalue weighted by atomic mass is 10.4. The van der Waals surface area contributed by atoms with Crippen LogP contribution in [0.2, 0.25) is 0 Å². The molecule has 0 amide bonds. The molecule has 4 nitrogen and oxygen atoms in total. The van der Waals surface area contributed by atoms with E-state index in [1.807, 2.05) is 6.07 Å². The molecule has 1 heterocycles. The molecular formula is C10H18N4. The van der Waals surface area contributed by atoms with Gasteiger partial charge in [0.25, 0.3) is 0 Å². The molecule has 0 fully saturated rings. The van der Waals surface area contributed by atoms with Gasteiger partial charge in [0.1, 0.15) is 6.33 Å². The number of nitrogens with one attached hydrogen (secondary N) is 1. The molecule has 1 rings (SSSR count). The third-order valence-electron chi connectivity index (χ3n) is 2.16. The van der Waals surface area contributed by atoms with E-state index < -0.39 is 0 Å². The molecule has 1 aromatic rings. The van der Waals surface area contributed by atoms with E-state index in [2.05, 4.69) is 34.2 Å². The standard InChI is InChI=1S/C10H18N4/c1-3-14(2)7-6-11-8-10-4-5-12-9-13-10/h4-5,9,11H,3,6-8H2,1-2H3. The summed E-state index contributed by atoms with van der Waals surface area (Å²) < 4.78 is 0. The monoisotopic (exact) mass is 194 g/mol. The van der Waals surface area contributed by atoms with E-state index in [-0.39, 0.29) is 0 Å². The van der Waals surface area contributed by atoms with Crippen LogP contribution in [0.4, 0.5) is 0 Å². The SMILES string of the molecule is CCN(C)CCNCc1ccncn1. The zero-order valence-electron chi connectivity index (χ0n) is 8.90. The Morgan fingerprint density at radius 3 is 3.00 bits per heavy atom. The van der Waals surface area contributed by atoms with Crippen molar-refractivity contribution in [2.24, 2.45) is 0 Å². The average Bonchev–Trinajstić information content (AvgIpc) is 2.25. The van der Waals surface area contributed by atoms with E-state index in [4.69, 9.17) is 0 Å². The van der Waals surface area contributed by atoms with Gasteiger partial charge < -0.3 is 10.2 Å². The molecule has 0 aliphatic heterocycles. The molecule has 0 unspecified atom stereocenters. The van der Waals surface area contributed by atoms with Crippen molar-refractivity contribution >= 4 is 0 Å². The Morgan fingerprint density at radius 1 is 1.50 bits per heavy atom. The lowest BCUT2D eigenvalue weighted by Gasteiger charge is -2.13. The zero-order valence-corrected chi connectivity index (χ0v) is 8.90. The van der Waals surface area contributed by atoms with Gasteiger partial charge in [0, 0.05) is 25.8 Å². The lowest BCUT2D eigenvalue weighted by molar-refractivity contribution is 0.348. The maximum absolute atomic E-state index is 4.13. The fraction of sp³-hybridized carbons (Fsp3) is 0.600. The molecule has 0 bridgehead atoms. The zero-order chi connectivity index (χ0) is 10.2. The fourth-order valence-electron chi connectivity index (χ4n) is 1.07. The highest BCUT2D eigenvalue weighted by Crippen LogP contribution is 1.89. The van der Waals surface area contributed by atoms with Gasteiger partial charge in [-0.05, 0) is 19.7 Å². The van der Waals surface area contributed by atoms with Crippen LogP contribution in [0.3, 0.4) is 0 Å². The molecule has 0 spiro atoms. The summed E-state index contributed by atoms with van der Waals surface area (Å²) >= 11 is 0. The number of hydrogen-bond donors (Lipinski definition) is 1. The Morgan fingerprint density at radius 2 is 2.36 bits per heavy atom. The van der Waals surface area contributed by atoms with Crippen LogP contribution in [0.1, 0.15) is 12.6 Å². The van der Waals surface area contributed by atoms with Crippen LogP contribution in [0, 0.1) is 0 Å². The van der Waals surface area contributed by atoms with Crippen LogP contribution < -0.4 is 5.32 Å². The highest BCUT2D eigenvalue weighted by atomic mass is 15.1. The van der Waals surface area contributed by atoms with Crippen LogP contribution in [-0.2, 0) is 6.54 Å². The number of aromatic nitrogens is 2. The van der Waals surface area contributed by atoms with Crippen molar-refractivity contribution in [1.82, 2.24) is 20.2 Å². The molecule has 4 heteroatoms. The van der Waals surface area contributed by atoms with E-state index in [0.29, 0.717) is 0 Å². The minimum atomic E-state index is 0.820. The van der Waals surface area contributed by atoms with Gasteiger partial charge in [0.2, 0.25) is 0 Å². The Bertz CT molecular complexity index is 237. The predicted molar refractivity (Wildman–Crippen MR) is 56.9 cm³/mol. The maximum Gasteiger partial charge on any atom is 0.115 e. The van der Waals surface area contributed by atoms with Gasteiger partial charge in [0.15, 0.2) is 0 Å². The largest absolute Gasteiger partial charge is 0.310 e. The first-order chi connectivity index (χ1) is 6.83. The van der Waals surface area contributed by atoms with Crippen molar-refractivity contribution in [1.29, 1.82) is 0 Å². The summed E-state index contributed by atoms with van der Waals surface area (Å²) in [7, 11) is 2.12. The molecule has 0 aliphatic carbocycles. The first-order valence-electron chi connectivity index (χ1n) is 4.97. The lowest BCUT2D eigenvalue weighted by Crippen LogP contribution is -2.28. The molecule has 0 saturated carbocycles. The molecule has 78 valence electrons. The fourth-order valence-corrected chi connectivity index (χ4v) is 1.07. The van der Waals surface area contributed by atoms with Crippen molar-refractivity contribution in [3.8, 4) is 0 Å². The maximum atomic E-state index is 4.13. The minimum Gasteiger partial charge on any atom is -0.310 e. The highest BCUT2D eigenvalue weighted by Gasteiger charge is 1.94. The number of hydrogen-bond acceptors (Lipinski definition) is 4. The van der Waals surface area contributed by atoms with Crippen LogP contribution in [0.15, 0.2) is 18.6 Å². The number of rotatable bonds is 6. The second kappa shape index (κ2) is 6.45. The van der Waals surface area contributed by atoms with Gasteiger partial charge in [0.05, 0.1) is 5.69 Å². The van der Waals surface area contributed by atoms with Gasteiger partial charge in [-0.2, -0.15) is 0 Å². The topological polar surface area (TPSA) is 41.0 Å². The summed E-state index contributed by atoms with van der Waals surface area (Å²) in [6, 6.07) is 1.93. The Balaban J connectivity index is 2.10. The smallest absolute Gasteiger partial charge is 0.115 e. The van der Waals surface area contributed by atoms with E-state index in [1.54, 1.807) is 12.5 Å². The van der Waals surface area contributed by atoms with E-state index in [1.165, 1.54) is 0 Å². The van der Waals surface area contributed by atoms with E-state index >= 15 is 0 Å². The van der Waals surface area contributed by atoms with Crippen molar-refractivity contribution in [2.45, 2.75) is 13.5 Å². The molecule has 0 radical (unpaired) electrons. The van der Waals surface area contributed by atoms with Gasteiger partial charge >= 0.3 is 0 Å². The summed E-state index contributed by atoms with van der Waals surface area (Å²) in [5.41, 5.74) is 1.04. The molecule has 0 aliphatic rings. The van der Waals surface area contributed by atoms with Crippen molar-refractivity contribution < 1.29 is 0 Å². The summed E-state index contributed by atoms with van der Waals surface area (Å²) in [6.07, 6.45) is 3.34. The highest BCUT2D eigenvalue weighted by molar-refractivity contribution is 4.96. The molecule has 0 atom stereocenters. The van der Waals surface area contributed by atoms with Gasteiger partial charge in [-0.3, -0.25) is 0 Å². The molecule has 0 saturated heterocycles. The Hall–Kier alpha value is -1.00. The average molecular weight is 194 g/mol. The third kappa shape index (κ3) is 4.30. The summed E-state index contributed by atoms with van der Waals surface area (Å²) in [5, 5.41) is 3.33. The first-order valence-corrected chi connectivity index (χ1v) is 4.97. The van der Waals surface area contributed by atoms with E-state index in [0.717, 1.165) is 31.9 Å².